The third kappa shape index (κ3) is 4.16. The standard InChI is InChI=1S/C24H23NO4S2/c1-14(2)29-17-7-4-6-16(12-17)21(26)19-20(23-15(3)9-11-31-23)25(24(28)22(19)27)13-18-8-5-10-30-18/h4-12,14,20,26H,13H2,1-3H3/b21-19-. The van der Waals surface area contributed by atoms with Crippen LogP contribution in [0.15, 0.2) is 58.8 Å². The summed E-state index contributed by atoms with van der Waals surface area (Å²) in [6, 6.07) is 12.2. The number of carbonyl (C=O) groups excluding carboxylic acids is 2. The van der Waals surface area contributed by atoms with Crippen molar-refractivity contribution in [3.05, 3.63) is 79.7 Å². The molecule has 160 valence electrons. The molecule has 4 rings (SSSR count). The Morgan fingerprint density at radius 1 is 1.13 bits per heavy atom. The van der Waals surface area contributed by atoms with E-state index in [1.54, 1.807) is 29.2 Å². The molecule has 31 heavy (non-hydrogen) atoms. The number of benzene rings is 1. The summed E-state index contributed by atoms with van der Waals surface area (Å²) in [5, 5.41) is 15.1. The van der Waals surface area contributed by atoms with Crippen molar-refractivity contribution in [1.82, 2.24) is 4.90 Å². The Morgan fingerprint density at radius 3 is 2.58 bits per heavy atom. The highest BCUT2D eigenvalue weighted by atomic mass is 32.1. The van der Waals surface area contributed by atoms with Gasteiger partial charge < -0.3 is 14.7 Å². The van der Waals surface area contributed by atoms with Crippen molar-refractivity contribution >= 4 is 40.1 Å². The number of ether oxygens (including phenoxy) is 1. The first kappa shape index (κ1) is 21.3. The van der Waals surface area contributed by atoms with Crippen LogP contribution >= 0.6 is 22.7 Å². The lowest BCUT2D eigenvalue weighted by atomic mass is 9.98. The fourth-order valence-corrected chi connectivity index (χ4v) is 5.44. The number of carbonyl (C=O) groups is 2. The summed E-state index contributed by atoms with van der Waals surface area (Å²) in [4.78, 5) is 29.6. The molecule has 1 amide bonds. The van der Waals surface area contributed by atoms with E-state index in [0.717, 1.165) is 15.3 Å². The van der Waals surface area contributed by atoms with E-state index in [-0.39, 0.29) is 17.4 Å². The van der Waals surface area contributed by atoms with Crippen molar-refractivity contribution in [2.24, 2.45) is 0 Å². The third-order valence-electron chi connectivity index (χ3n) is 5.08. The number of rotatable bonds is 6. The van der Waals surface area contributed by atoms with Gasteiger partial charge in [-0.3, -0.25) is 9.59 Å². The number of nitrogens with zero attached hydrogens (tertiary/aromatic N) is 1. The molecule has 0 radical (unpaired) electrons. The van der Waals surface area contributed by atoms with Gasteiger partial charge in [0.25, 0.3) is 11.7 Å². The number of aryl methyl sites for hydroxylation is 1. The van der Waals surface area contributed by atoms with E-state index >= 15 is 0 Å². The van der Waals surface area contributed by atoms with Gasteiger partial charge >= 0.3 is 0 Å². The Bertz CT molecular complexity index is 1140. The van der Waals surface area contributed by atoms with Crippen molar-refractivity contribution < 1.29 is 19.4 Å². The zero-order valence-corrected chi connectivity index (χ0v) is 19.1. The zero-order valence-electron chi connectivity index (χ0n) is 17.5. The summed E-state index contributed by atoms with van der Waals surface area (Å²) < 4.78 is 5.73. The molecule has 1 N–H and O–H groups in total. The summed E-state index contributed by atoms with van der Waals surface area (Å²) in [5.74, 6) is -0.848. The van der Waals surface area contributed by atoms with Crippen LogP contribution in [0, 0.1) is 6.92 Å². The minimum Gasteiger partial charge on any atom is -0.507 e. The first-order valence-electron chi connectivity index (χ1n) is 9.98. The molecule has 1 aromatic carbocycles. The predicted molar refractivity (Wildman–Crippen MR) is 123 cm³/mol. The van der Waals surface area contributed by atoms with Crippen LogP contribution < -0.4 is 4.74 Å². The van der Waals surface area contributed by atoms with Crippen molar-refractivity contribution in [2.75, 3.05) is 0 Å². The van der Waals surface area contributed by atoms with Gasteiger partial charge in [0.15, 0.2) is 0 Å². The van der Waals surface area contributed by atoms with Crippen LogP contribution in [0.4, 0.5) is 0 Å². The van der Waals surface area contributed by atoms with Gasteiger partial charge in [0.2, 0.25) is 0 Å². The topological polar surface area (TPSA) is 66.8 Å². The van der Waals surface area contributed by atoms with Gasteiger partial charge in [0.05, 0.1) is 18.2 Å². The second-order valence-electron chi connectivity index (χ2n) is 7.67. The van der Waals surface area contributed by atoms with Crippen LogP contribution in [0.3, 0.4) is 0 Å². The van der Waals surface area contributed by atoms with E-state index in [4.69, 9.17) is 4.74 Å². The molecule has 3 heterocycles. The van der Waals surface area contributed by atoms with Crippen molar-refractivity contribution in [3.8, 4) is 5.75 Å². The average Bonchev–Trinajstić information content (AvgIpc) is 3.45. The summed E-state index contributed by atoms with van der Waals surface area (Å²) >= 11 is 3.02. The zero-order chi connectivity index (χ0) is 22.1. The Kier molecular flexibility index (Phi) is 5.98. The first-order valence-corrected chi connectivity index (χ1v) is 11.7. The Morgan fingerprint density at radius 2 is 1.94 bits per heavy atom. The molecule has 0 aliphatic carbocycles. The molecule has 5 nitrogen and oxygen atoms in total. The third-order valence-corrected chi connectivity index (χ3v) is 7.01. The molecule has 1 saturated heterocycles. The van der Waals surface area contributed by atoms with Crippen LogP contribution in [-0.4, -0.2) is 27.8 Å². The summed E-state index contributed by atoms with van der Waals surface area (Å²) in [6.07, 6.45) is -0.0254. The molecule has 7 heteroatoms. The number of ketones is 1. The van der Waals surface area contributed by atoms with Crippen molar-refractivity contribution in [3.63, 3.8) is 0 Å². The van der Waals surface area contributed by atoms with Gasteiger partial charge in [0, 0.05) is 15.3 Å². The number of aliphatic hydroxyl groups is 1. The molecule has 1 aliphatic rings. The van der Waals surface area contributed by atoms with Crippen molar-refractivity contribution in [1.29, 1.82) is 0 Å². The summed E-state index contributed by atoms with van der Waals surface area (Å²) in [6.45, 7) is 6.11. The smallest absolute Gasteiger partial charge is 0.296 e. The number of hydrogen-bond donors (Lipinski definition) is 1. The number of Topliss-reactive ketones (excluding diaryl/α,β-unsaturated/α-hetero) is 1. The highest BCUT2D eigenvalue weighted by molar-refractivity contribution is 7.10. The lowest BCUT2D eigenvalue weighted by Gasteiger charge is -2.24. The molecular weight excluding hydrogens is 430 g/mol. The summed E-state index contributed by atoms with van der Waals surface area (Å²) in [5.41, 5.74) is 1.55. The Balaban J connectivity index is 1.83. The van der Waals surface area contributed by atoms with Crippen molar-refractivity contribution in [2.45, 2.75) is 39.5 Å². The van der Waals surface area contributed by atoms with Crippen LogP contribution in [-0.2, 0) is 16.1 Å². The van der Waals surface area contributed by atoms with Crippen LogP contribution in [0.1, 0.15) is 40.8 Å². The molecule has 2 aromatic heterocycles. The number of likely N-dealkylation sites (tertiary alicyclic amines) is 1. The fourth-order valence-electron chi connectivity index (χ4n) is 3.70. The number of thiophene rings is 2. The van der Waals surface area contributed by atoms with Crippen LogP contribution in [0.5, 0.6) is 5.75 Å². The maximum absolute atomic E-state index is 13.1. The van der Waals surface area contributed by atoms with E-state index in [9.17, 15) is 14.7 Å². The highest BCUT2D eigenvalue weighted by Crippen LogP contribution is 2.43. The van der Waals surface area contributed by atoms with Gasteiger partial charge in [-0.1, -0.05) is 18.2 Å². The maximum Gasteiger partial charge on any atom is 0.296 e. The lowest BCUT2D eigenvalue weighted by Crippen LogP contribution is -2.28. The molecule has 1 unspecified atom stereocenters. The summed E-state index contributed by atoms with van der Waals surface area (Å²) in [7, 11) is 0. The molecule has 0 spiro atoms. The predicted octanol–water partition coefficient (Wildman–Crippen LogP) is 5.53. The van der Waals surface area contributed by atoms with E-state index in [0.29, 0.717) is 17.9 Å². The van der Waals surface area contributed by atoms with Gasteiger partial charge in [-0.2, -0.15) is 0 Å². The van der Waals surface area contributed by atoms with Gasteiger partial charge in [-0.25, -0.2) is 0 Å². The number of amides is 1. The van der Waals surface area contributed by atoms with Gasteiger partial charge in [-0.15, -0.1) is 22.7 Å². The largest absolute Gasteiger partial charge is 0.507 e. The molecule has 1 fully saturated rings. The van der Waals surface area contributed by atoms with Crippen LogP contribution in [0.2, 0.25) is 0 Å². The second kappa shape index (κ2) is 8.69. The second-order valence-corrected chi connectivity index (χ2v) is 9.65. The lowest BCUT2D eigenvalue weighted by molar-refractivity contribution is -0.140. The van der Waals surface area contributed by atoms with E-state index in [1.165, 1.54) is 22.7 Å². The molecule has 1 atom stereocenters. The monoisotopic (exact) mass is 453 g/mol. The Labute approximate surface area is 189 Å². The van der Waals surface area contributed by atoms with Gasteiger partial charge in [0.1, 0.15) is 17.6 Å². The average molecular weight is 454 g/mol. The number of aliphatic hydroxyl groups excluding tert-OH is 1. The molecule has 1 aliphatic heterocycles. The fraction of sp³-hybridized carbons (Fsp3) is 0.250. The molecule has 0 saturated carbocycles. The number of hydrogen-bond acceptors (Lipinski definition) is 6. The molecular formula is C24H23NO4S2. The first-order chi connectivity index (χ1) is 14.9. The van der Waals surface area contributed by atoms with Crippen LogP contribution in [0.25, 0.3) is 5.76 Å². The maximum atomic E-state index is 13.1. The van der Waals surface area contributed by atoms with E-state index < -0.39 is 17.7 Å². The SMILES string of the molecule is Cc1ccsc1C1/C(=C(/O)c2cccc(OC(C)C)c2)C(=O)C(=O)N1Cc1cccs1. The highest BCUT2D eigenvalue weighted by Gasteiger charge is 2.47. The minimum absolute atomic E-state index is 0.0254. The normalized spacial score (nSPS) is 18.2. The minimum atomic E-state index is -0.665. The van der Waals surface area contributed by atoms with Gasteiger partial charge in [-0.05, 0) is 61.4 Å². The quantitative estimate of drug-likeness (QED) is 0.303. The molecule has 3 aromatic rings. The van der Waals surface area contributed by atoms with E-state index in [2.05, 4.69) is 0 Å². The molecule has 0 bridgehead atoms. The van der Waals surface area contributed by atoms with E-state index in [1.807, 2.05) is 49.7 Å². The Hall–Kier alpha value is -2.90.